The van der Waals surface area contributed by atoms with Gasteiger partial charge in [-0.25, -0.2) is 0 Å². The summed E-state index contributed by atoms with van der Waals surface area (Å²) in [4.78, 5) is 31.1. The minimum atomic E-state index is -0.680. The van der Waals surface area contributed by atoms with Crippen LogP contribution in [0.5, 0.6) is 5.75 Å². The van der Waals surface area contributed by atoms with Gasteiger partial charge in [0.25, 0.3) is 11.7 Å². The molecule has 2 aromatic rings. The third-order valence-electron chi connectivity index (χ3n) is 4.64. The molecule has 27 heavy (non-hydrogen) atoms. The number of pyridine rings is 1. The Morgan fingerprint density at radius 3 is 2.74 bits per heavy atom. The van der Waals surface area contributed by atoms with E-state index in [-0.39, 0.29) is 11.3 Å². The molecule has 1 saturated heterocycles. The number of benzene rings is 1. The Labute approximate surface area is 158 Å². The molecular formula is C21H22N2O4. The first kappa shape index (κ1) is 18.6. The summed E-state index contributed by atoms with van der Waals surface area (Å²) in [7, 11) is 1.53. The molecule has 1 fully saturated rings. The molecule has 1 aliphatic heterocycles. The second kappa shape index (κ2) is 8.03. The molecule has 140 valence electrons. The Morgan fingerprint density at radius 1 is 1.26 bits per heavy atom. The SMILES string of the molecule is CCCCN1C(=O)C(=O)/C(=C(\O)c2cccc(OC)c2)C1c1cccnc1. The fraction of sp³-hybridized carbons (Fsp3) is 0.286. The van der Waals surface area contributed by atoms with Crippen LogP contribution in [0.2, 0.25) is 0 Å². The normalized spacial score (nSPS) is 18.7. The van der Waals surface area contributed by atoms with Gasteiger partial charge in [0.2, 0.25) is 0 Å². The van der Waals surface area contributed by atoms with Crippen molar-refractivity contribution < 1.29 is 19.4 Å². The van der Waals surface area contributed by atoms with E-state index >= 15 is 0 Å². The maximum absolute atomic E-state index is 12.8. The van der Waals surface area contributed by atoms with E-state index in [4.69, 9.17) is 4.74 Å². The van der Waals surface area contributed by atoms with Gasteiger partial charge in [0.1, 0.15) is 11.5 Å². The number of aliphatic hydroxyl groups is 1. The van der Waals surface area contributed by atoms with E-state index < -0.39 is 17.7 Å². The molecule has 6 nitrogen and oxygen atoms in total. The number of nitrogens with zero attached hydrogens (tertiary/aromatic N) is 2. The monoisotopic (exact) mass is 366 g/mol. The van der Waals surface area contributed by atoms with Crippen molar-refractivity contribution in [3.05, 3.63) is 65.5 Å². The van der Waals surface area contributed by atoms with E-state index in [0.717, 1.165) is 12.8 Å². The maximum atomic E-state index is 12.8. The molecule has 1 aromatic heterocycles. The van der Waals surface area contributed by atoms with Crippen LogP contribution in [0.1, 0.15) is 36.9 Å². The van der Waals surface area contributed by atoms with Gasteiger partial charge < -0.3 is 14.7 Å². The van der Waals surface area contributed by atoms with E-state index in [1.54, 1.807) is 48.8 Å². The molecule has 0 radical (unpaired) electrons. The molecule has 1 N–H and O–H groups in total. The Kier molecular flexibility index (Phi) is 5.54. The van der Waals surface area contributed by atoms with Crippen LogP contribution in [0.3, 0.4) is 0 Å². The number of carbonyl (C=O) groups is 2. The van der Waals surface area contributed by atoms with Gasteiger partial charge >= 0.3 is 0 Å². The highest BCUT2D eigenvalue weighted by atomic mass is 16.5. The number of rotatable bonds is 6. The van der Waals surface area contributed by atoms with E-state index in [1.807, 2.05) is 6.92 Å². The first-order valence-corrected chi connectivity index (χ1v) is 8.91. The number of ketones is 1. The zero-order valence-corrected chi connectivity index (χ0v) is 15.4. The Bertz CT molecular complexity index is 877. The van der Waals surface area contributed by atoms with E-state index in [9.17, 15) is 14.7 Å². The molecule has 0 bridgehead atoms. The maximum Gasteiger partial charge on any atom is 0.295 e. The molecule has 0 saturated carbocycles. The van der Waals surface area contributed by atoms with Crippen molar-refractivity contribution in [2.24, 2.45) is 0 Å². The number of aromatic nitrogens is 1. The molecule has 1 aliphatic rings. The molecule has 2 heterocycles. The topological polar surface area (TPSA) is 79.7 Å². The van der Waals surface area contributed by atoms with Crippen LogP contribution < -0.4 is 4.74 Å². The number of aliphatic hydroxyl groups excluding tert-OH is 1. The van der Waals surface area contributed by atoms with Crippen molar-refractivity contribution >= 4 is 17.4 Å². The highest BCUT2D eigenvalue weighted by Crippen LogP contribution is 2.39. The minimum Gasteiger partial charge on any atom is -0.507 e. The van der Waals surface area contributed by atoms with Crippen molar-refractivity contribution in [1.82, 2.24) is 9.88 Å². The Balaban J connectivity index is 2.15. The van der Waals surface area contributed by atoms with Gasteiger partial charge in [-0.2, -0.15) is 0 Å². The number of hydrogen-bond donors (Lipinski definition) is 1. The van der Waals surface area contributed by atoms with Gasteiger partial charge in [0.15, 0.2) is 0 Å². The van der Waals surface area contributed by atoms with Crippen LogP contribution in [-0.4, -0.2) is 40.3 Å². The smallest absolute Gasteiger partial charge is 0.295 e. The predicted octanol–water partition coefficient (Wildman–Crippen LogP) is 3.31. The highest BCUT2D eigenvalue weighted by Gasteiger charge is 2.45. The molecule has 0 spiro atoms. The summed E-state index contributed by atoms with van der Waals surface area (Å²) in [6, 6.07) is 9.68. The molecule has 1 unspecified atom stereocenters. The number of methoxy groups -OCH3 is 1. The average molecular weight is 366 g/mol. The summed E-state index contributed by atoms with van der Waals surface area (Å²) in [6.07, 6.45) is 4.90. The first-order valence-electron chi connectivity index (χ1n) is 8.91. The van der Waals surface area contributed by atoms with Crippen molar-refractivity contribution in [3.63, 3.8) is 0 Å². The minimum absolute atomic E-state index is 0.0809. The van der Waals surface area contributed by atoms with Crippen molar-refractivity contribution in [1.29, 1.82) is 0 Å². The quantitative estimate of drug-likeness (QED) is 0.482. The lowest BCUT2D eigenvalue weighted by Gasteiger charge is -2.24. The van der Waals surface area contributed by atoms with Gasteiger partial charge in [-0.3, -0.25) is 14.6 Å². The number of Topliss-reactive ketones (excluding diaryl/α,β-unsaturated/α-hetero) is 1. The van der Waals surface area contributed by atoms with Gasteiger partial charge in [0, 0.05) is 24.5 Å². The van der Waals surface area contributed by atoms with Gasteiger partial charge in [-0.1, -0.05) is 31.5 Å². The highest BCUT2D eigenvalue weighted by molar-refractivity contribution is 6.46. The van der Waals surface area contributed by atoms with Crippen LogP contribution in [0.25, 0.3) is 5.76 Å². The number of hydrogen-bond acceptors (Lipinski definition) is 5. The third kappa shape index (κ3) is 3.56. The fourth-order valence-electron chi connectivity index (χ4n) is 3.25. The summed E-state index contributed by atoms with van der Waals surface area (Å²) in [5.74, 6) is -0.931. The predicted molar refractivity (Wildman–Crippen MR) is 101 cm³/mol. The van der Waals surface area contributed by atoms with Crippen molar-refractivity contribution in [2.45, 2.75) is 25.8 Å². The second-order valence-electron chi connectivity index (χ2n) is 6.36. The molecular weight excluding hydrogens is 344 g/mol. The molecule has 6 heteroatoms. The number of ether oxygens (including phenoxy) is 1. The van der Waals surface area contributed by atoms with Crippen molar-refractivity contribution in [3.8, 4) is 5.75 Å². The standard InChI is InChI=1S/C21H22N2O4/c1-3-4-11-23-18(15-8-6-10-22-13-15)17(20(25)21(23)26)19(24)14-7-5-9-16(12-14)27-2/h5-10,12-13,18,24H,3-4,11H2,1-2H3/b19-17-. The summed E-state index contributed by atoms with van der Waals surface area (Å²) in [6.45, 7) is 2.46. The average Bonchev–Trinajstić information content (AvgIpc) is 2.97. The van der Waals surface area contributed by atoms with Crippen LogP contribution >= 0.6 is 0 Å². The zero-order valence-electron chi connectivity index (χ0n) is 15.4. The molecule has 1 atom stereocenters. The van der Waals surface area contributed by atoms with Gasteiger partial charge in [-0.15, -0.1) is 0 Å². The lowest BCUT2D eigenvalue weighted by atomic mass is 9.96. The molecule has 0 aliphatic carbocycles. The second-order valence-corrected chi connectivity index (χ2v) is 6.36. The van der Waals surface area contributed by atoms with E-state index in [2.05, 4.69) is 4.98 Å². The largest absolute Gasteiger partial charge is 0.507 e. The zero-order chi connectivity index (χ0) is 19.4. The van der Waals surface area contributed by atoms with E-state index in [1.165, 1.54) is 12.0 Å². The summed E-state index contributed by atoms with van der Waals surface area (Å²) < 4.78 is 5.20. The number of amides is 1. The molecule has 3 rings (SSSR count). The Hall–Kier alpha value is -3.15. The van der Waals surface area contributed by atoms with Crippen LogP contribution in [0.15, 0.2) is 54.4 Å². The number of carbonyl (C=O) groups excluding carboxylic acids is 2. The molecule has 1 aromatic carbocycles. The van der Waals surface area contributed by atoms with Gasteiger partial charge in [-0.05, 0) is 30.2 Å². The molecule has 1 amide bonds. The van der Waals surface area contributed by atoms with E-state index in [0.29, 0.717) is 23.4 Å². The lowest BCUT2D eigenvalue weighted by Crippen LogP contribution is -2.30. The van der Waals surface area contributed by atoms with Crippen LogP contribution in [-0.2, 0) is 9.59 Å². The van der Waals surface area contributed by atoms with Crippen LogP contribution in [0, 0.1) is 0 Å². The fourth-order valence-corrected chi connectivity index (χ4v) is 3.25. The third-order valence-corrected chi connectivity index (χ3v) is 4.64. The van der Waals surface area contributed by atoms with Gasteiger partial charge in [0.05, 0.1) is 18.7 Å². The van der Waals surface area contributed by atoms with Crippen LogP contribution in [0.4, 0.5) is 0 Å². The summed E-state index contributed by atoms with van der Waals surface area (Å²) >= 11 is 0. The lowest BCUT2D eigenvalue weighted by molar-refractivity contribution is -0.139. The van der Waals surface area contributed by atoms with Crippen molar-refractivity contribution in [2.75, 3.05) is 13.7 Å². The number of unbranched alkanes of at least 4 members (excludes halogenated alkanes) is 1. The first-order chi connectivity index (χ1) is 13.1. The Morgan fingerprint density at radius 2 is 2.07 bits per heavy atom. The number of likely N-dealkylation sites (tertiary alicyclic amines) is 1. The summed E-state index contributed by atoms with van der Waals surface area (Å²) in [5, 5.41) is 10.9. The summed E-state index contributed by atoms with van der Waals surface area (Å²) in [5.41, 5.74) is 1.20.